The zero-order valence-corrected chi connectivity index (χ0v) is 10.8. The van der Waals surface area contributed by atoms with Crippen LogP contribution in [0.3, 0.4) is 0 Å². The fourth-order valence-electron chi connectivity index (χ4n) is 3.06. The van der Waals surface area contributed by atoms with E-state index in [9.17, 15) is 9.59 Å². The second kappa shape index (κ2) is 4.77. The van der Waals surface area contributed by atoms with Crippen LogP contribution in [0, 0.1) is 5.41 Å². The summed E-state index contributed by atoms with van der Waals surface area (Å²) in [6.45, 7) is 5.85. The topological polar surface area (TPSA) is 49.4 Å². The van der Waals surface area contributed by atoms with Crippen LogP contribution in [0.15, 0.2) is 0 Å². The lowest BCUT2D eigenvalue weighted by atomic mass is 9.81. The molecule has 4 heteroatoms. The second-order valence-electron chi connectivity index (χ2n) is 5.21. The maximum atomic E-state index is 12.5. The monoisotopic (exact) mass is 238 g/mol. The zero-order chi connectivity index (χ0) is 12.5. The van der Waals surface area contributed by atoms with Crippen molar-refractivity contribution in [2.45, 2.75) is 52.0 Å². The average molecular weight is 238 g/mol. The largest absolute Gasteiger partial charge is 0.317 e. The fourth-order valence-corrected chi connectivity index (χ4v) is 3.06. The minimum absolute atomic E-state index is 0.0469. The summed E-state index contributed by atoms with van der Waals surface area (Å²) in [5, 5.41) is 3.27. The predicted molar refractivity (Wildman–Crippen MR) is 65.4 cm³/mol. The molecule has 0 bridgehead atoms. The second-order valence-corrected chi connectivity index (χ2v) is 5.21. The summed E-state index contributed by atoms with van der Waals surface area (Å²) in [6.07, 6.45) is 3.77. The van der Waals surface area contributed by atoms with E-state index in [1.807, 2.05) is 13.8 Å². The molecule has 2 fully saturated rings. The molecule has 0 aromatic heterocycles. The lowest BCUT2D eigenvalue weighted by Crippen LogP contribution is -2.47. The van der Waals surface area contributed by atoms with Gasteiger partial charge < -0.3 is 5.32 Å². The molecule has 0 spiro atoms. The van der Waals surface area contributed by atoms with Crippen molar-refractivity contribution < 1.29 is 9.59 Å². The summed E-state index contributed by atoms with van der Waals surface area (Å²) in [6, 6.07) is 0.135. The Morgan fingerprint density at radius 2 is 1.82 bits per heavy atom. The first-order chi connectivity index (χ1) is 8.14. The van der Waals surface area contributed by atoms with E-state index in [4.69, 9.17) is 0 Å². The molecule has 2 rings (SSSR count). The molecular weight excluding hydrogens is 216 g/mol. The fraction of sp³-hybridized carbons (Fsp3) is 0.846. The Kier molecular flexibility index (Phi) is 3.52. The summed E-state index contributed by atoms with van der Waals surface area (Å²) < 4.78 is 0. The quantitative estimate of drug-likeness (QED) is 0.754. The Morgan fingerprint density at radius 1 is 1.24 bits per heavy atom. The van der Waals surface area contributed by atoms with Gasteiger partial charge in [-0.3, -0.25) is 14.5 Å². The molecule has 2 aliphatic heterocycles. The number of imide groups is 1. The number of carbonyl (C=O) groups excluding carboxylic acids is 2. The smallest absolute Gasteiger partial charge is 0.236 e. The molecule has 0 atom stereocenters. The van der Waals surface area contributed by atoms with Crippen LogP contribution in [0.25, 0.3) is 0 Å². The zero-order valence-electron chi connectivity index (χ0n) is 10.8. The van der Waals surface area contributed by atoms with Gasteiger partial charge >= 0.3 is 0 Å². The van der Waals surface area contributed by atoms with Crippen LogP contribution in [0.2, 0.25) is 0 Å². The van der Waals surface area contributed by atoms with Crippen LogP contribution in [0.1, 0.15) is 46.0 Å². The van der Waals surface area contributed by atoms with Crippen molar-refractivity contribution in [1.82, 2.24) is 10.2 Å². The van der Waals surface area contributed by atoms with Crippen molar-refractivity contribution in [3.63, 3.8) is 0 Å². The first-order valence-corrected chi connectivity index (χ1v) is 6.72. The van der Waals surface area contributed by atoms with Crippen molar-refractivity contribution in [1.29, 1.82) is 0 Å². The van der Waals surface area contributed by atoms with Gasteiger partial charge in [0.2, 0.25) is 11.8 Å². The van der Waals surface area contributed by atoms with Crippen LogP contribution in [-0.2, 0) is 9.59 Å². The van der Waals surface area contributed by atoms with Gasteiger partial charge in [0.15, 0.2) is 0 Å². The third-order valence-corrected chi connectivity index (χ3v) is 4.46. The highest BCUT2D eigenvalue weighted by Crippen LogP contribution is 2.40. The van der Waals surface area contributed by atoms with Gasteiger partial charge in [0.25, 0.3) is 0 Å². The molecular formula is C13H22N2O2. The Morgan fingerprint density at radius 3 is 2.29 bits per heavy atom. The van der Waals surface area contributed by atoms with Crippen molar-refractivity contribution in [3.8, 4) is 0 Å². The molecule has 2 saturated heterocycles. The number of hydrogen-bond donors (Lipinski definition) is 1. The lowest BCUT2D eigenvalue weighted by Gasteiger charge is -2.32. The number of carbonyl (C=O) groups is 2. The lowest BCUT2D eigenvalue weighted by molar-refractivity contribution is -0.144. The highest BCUT2D eigenvalue weighted by molar-refractivity contribution is 6.06. The molecule has 4 nitrogen and oxygen atoms in total. The highest BCUT2D eigenvalue weighted by Gasteiger charge is 2.51. The van der Waals surface area contributed by atoms with Gasteiger partial charge in [-0.15, -0.1) is 0 Å². The summed E-state index contributed by atoms with van der Waals surface area (Å²) in [5.41, 5.74) is -0.401. The SMILES string of the molecule is CCC1(CC)CC(=O)N(C2CCNCC2)C1=O. The van der Waals surface area contributed by atoms with E-state index in [1.54, 1.807) is 4.90 Å². The minimum Gasteiger partial charge on any atom is -0.317 e. The Labute approximate surface area is 103 Å². The Hall–Kier alpha value is -0.900. The standard InChI is InChI=1S/C13H22N2O2/c1-3-13(4-2)9-11(16)15(12(13)17)10-5-7-14-8-6-10/h10,14H,3-9H2,1-2H3. The maximum absolute atomic E-state index is 12.5. The van der Waals surface area contributed by atoms with Gasteiger partial charge in [-0.05, 0) is 38.8 Å². The maximum Gasteiger partial charge on any atom is 0.236 e. The first kappa shape index (κ1) is 12.6. The van der Waals surface area contributed by atoms with E-state index >= 15 is 0 Å². The molecule has 17 heavy (non-hydrogen) atoms. The normalized spacial score (nSPS) is 25.6. The number of rotatable bonds is 3. The average Bonchev–Trinajstić information content (AvgIpc) is 2.62. The molecule has 0 unspecified atom stereocenters. The third-order valence-electron chi connectivity index (χ3n) is 4.46. The van der Waals surface area contributed by atoms with Crippen LogP contribution >= 0.6 is 0 Å². The minimum atomic E-state index is -0.401. The molecule has 1 N–H and O–H groups in total. The predicted octanol–water partition coefficient (Wildman–Crippen LogP) is 1.30. The molecule has 0 aliphatic carbocycles. The van der Waals surface area contributed by atoms with Crippen LogP contribution < -0.4 is 5.32 Å². The van der Waals surface area contributed by atoms with Crippen LogP contribution in [-0.4, -0.2) is 35.8 Å². The van der Waals surface area contributed by atoms with E-state index < -0.39 is 5.41 Å². The van der Waals surface area contributed by atoms with Crippen molar-refractivity contribution in [2.24, 2.45) is 5.41 Å². The first-order valence-electron chi connectivity index (χ1n) is 6.72. The van der Waals surface area contributed by atoms with Gasteiger partial charge in [-0.1, -0.05) is 13.8 Å². The van der Waals surface area contributed by atoms with Gasteiger partial charge in [-0.2, -0.15) is 0 Å². The number of nitrogens with zero attached hydrogens (tertiary/aromatic N) is 1. The summed E-state index contributed by atoms with van der Waals surface area (Å²) in [4.78, 5) is 26.2. The molecule has 0 aromatic carbocycles. The Balaban J connectivity index is 2.18. The molecule has 0 saturated carbocycles. The van der Waals surface area contributed by atoms with Crippen molar-refractivity contribution in [3.05, 3.63) is 0 Å². The van der Waals surface area contributed by atoms with E-state index in [1.165, 1.54) is 0 Å². The van der Waals surface area contributed by atoms with Crippen molar-refractivity contribution >= 4 is 11.8 Å². The Bertz CT molecular complexity index is 317. The molecule has 2 aliphatic rings. The number of amides is 2. The van der Waals surface area contributed by atoms with Gasteiger partial charge in [0.05, 0.1) is 5.41 Å². The highest BCUT2D eigenvalue weighted by atomic mass is 16.2. The number of hydrogen-bond acceptors (Lipinski definition) is 3. The third kappa shape index (κ3) is 1.99. The van der Waals surface area contributed by atoms with E-state index in [2.05, 4.69) is 5.32 Å². The van der Waals surface area contributed by atoms with Crippen molar-refractivity contribution in [2.75, 3.05) is 13.1 Å². The summed E-state index contributed by atoms with van der Waals surface area (Å²) in [5.74, 6) is 0.130. The van der Waals surface area contributed by atoms with Gasteiger partial charge in [-0.25, -0.2) is 0 Å². The van der Waals surface area contributed by atoms with E-state index in [-0.39, 0.29) is 17.9 Å². The molecule has 0 aromatic rings. The van der Waals surface area contributed by atoms with E-state index in [0.29, 0.717) is 6.42 Å². The molecule has 0 radical (unpaired) electrons. The summed E-state index contributed by atoms with van der Waals surface area (Å²) in [7, 11) is 0. The van der Waals surface area contributed by atoms with Gasteiger partial charge in [0.1, 0.15) is 0 Å². The molecule has 96 valence electrons. The summed E-state index contributed by atoms with van der Waals surface area (Å²) >= 11 is 0. The van der Waals surface area contributed by atoms with Crippen LogP contribution in [0.4, 0.5) is 0 Å². The number of likely N-dealkylation sites (tertiary alicyclic amines) is 1. The van der Waals surface area contributed by atoms with Gasteiger partial charge in [0, 0.05) is 12.5 Å². The van der Waals surface area contributed by atoms with E-state index in [0.717, 1.165) is 38.8 Å². The van der Waals surface area contributed by atoms with Crippen LogP contribution in [0.5, 0.6) is 0 Å². The molecule has 2 heterocycles. The number of nitrogens with one attached hydrogen (secondary N) is 1. The number of piperidine rings is 1. The molecule has 2 amide bonds.